The summed E-state index contributed by atoms with van der Waals surface area (Å²) in [7, 11) is 0. The van der Waals surface area contributed by atoms with Gasteiger partial charge in [0.1, 0.15) is 11.5 Å². The Kier molecular flexibility index (Phi) is 5.52. The molecule has 0 unspecified atom stereocenters. The summed E-state index contributed by atoms with van der Waals surface area (Å²) < 4.78 is 6.11. The number of amides is 2. The zero-order chi connectivity index (χ0) is 26.1. The minimum atomic E-state index is -1.03. The second kappa shape index (κ2) is 8.84. The quantitative estimate of drug-likeness (QED) is 0.444. The van der Waals surface area contributed by atoms with Crippen molar-refractivity contribution in [3.8, 4) is 11.5 Å². The van der Waals surface area contributed by atoms with E-state index in [1.165, 1.54) is 16.2 Å². The van der Waals surface area contributed by atoms with Crippen molar-refractivity contribution in [2.75, 3.05) is 6.54 Å². The molecule has 8 nitrogen and oxygen atoms in total. The van der Waals surface area contributed by atoms with E-state index < -0.39 is 17.8 Å². The van der Waals surface area contributed by atoms with Crippen molar-refractivity contribution in [3.63, 3.8) is 0 Å². The highest BCUT2D eigenvalue weighted by Crippen LogP contribution is 2.68. The van der Waals surface area contributed by atoms with E-state index in [-0.39, 0.29) is 58.6 Å². The van der Waals surface area contributed by atoms with Gasteiger partial charge in [-0.1, -0.05) is 41.7 Å². The number of thioether (sulfide) groups is 1. The number of fused-ring (bicyclic) bond motifs is 9. The van der Waals surface area contributed by atoms with Crippen LogP contribution in [-0.2, 0) is 14.4 Å². The number of hydrogen-bond donors (Lipinski definition) is 2. The number of carbonyl (C=O) groups is 3. The van der Waals surface area contributed by atoms with E-state index in [2.05, 4.69) is 4.98 Å². The van der Waals surface area contributed by atoms with Gasteiger partial charge in [-0.05, 0) is 54.0 Å². The molecule has 0 spiro atoms. The molecule has 2 amide bonds. The summed E-state index contributed by atoms with van der Waals surface area (Å²) in [6, 6.07) is 17.5. The molecule has 2 aliphatic heterocycles. The molecule has 2 saturated carbocycles. The van der Waals surface area contributed by atoms with Gasteiger partial charge in [0.2, 0.25) is 11.8 Å². The Bertz CT molecular complexity index is 1520. The number of nitrogens with one attached hydrogen (secondary N) is 1. The molecule has 2 bridgehead atoms. The first-order chi connectivity index (χ1) is 18.4. The number of ether oxygens (including phenoxy) is 1. The second-order valence-corrected chi connectivity index (χ2v) is 12.6. The van der Waals surface area contributed by atoms with Crippen LogP contribution in [0.1, 0.15) is 29.2 Å². The lowest BCUT2D eigenvalue weighted by molar-refractivity contribution is -0.142. The first kappa shape index (κ1) is 23.7. The zero-order valence-electron chi connectivity index (χ0n) is 20.1. The first-order valence-corrected chi connectivity index (χ1v) is 14.4. The van der Waals surface area contributed by atoms with E-state index in [0.29, 0.717) is 5.75 Å². The predicted octanol–water partition coefficient (Wildman–Crippen LogP) is 4.18. The number of nitrogens with zero attached hydrogens (tertiary/aromatic N) is 1. The fourth-order valence-corrected chi connectivity index (χ4v) is 10.2. The molecule has 3 heterocycles. The van der Waals surface area contributed by atoms with Crippen molar-refractivity contribution in [1.29, 1.82) is 0 Å². The molecular formula is C28H24N2O6S2. The number of benzene rings is 2. The maximum atomic E-state index is 13.5. The third-order valence-electron chi connectivity index (χ3n) is 8.56. The Balaban J connectivity index is 1.27. The molecule has 1 saturated heterocycles. The van der Waals surface area contributed by atoms with Crippen molar-refractivity contribution >= 4 is 40.9 Å². The number of rotatable bonds is 6. The molecule has 7 atom stereocenters. The van der Waals surface area contributed by atoms with Crippen molar-refractivity contribution < 1.29 is 24.2 Å². The SMILES string of the molecule is O=C(O)CCN1C(=O)[C@@H]2[C@H]3C[C@@H]([C@@H]4Sc5[nH]c(=O)sc5[C@@H](c5cccc(Oc6ccccc6)c5)[C@@H]34)[C@H]2C1=O. The molecular weight excluding hydrogens is 524 g/mol. The number of likely N-dealkylation sites (tertiary alicyclic amines) is 1. The molecule has 2 N–H and O–H groups in total. The fourth-order valence-electron chi connectivity index (χ4n) is 7.28. The average molecular weight is 549 g/mol. The number of aromatic amines is 1. The van der Waals surface area contributed by atoms with E-state index in [1.54, 1.807) is 11.8 Å². The first-order valence-electron chi connectivity index (χ1n) is 12.7. The Hall–Kier alpha value is -3.37. The molecule has 3 aromatic rings. The number of para-hydroxylation sites is 1. The summed E-state index contributed by atoms with van der Waals surface area (Å²) >= 11 is 2.85. The number of aromatic nitrogens is 1. The van der Waals surface area contributed by atoms with Gasteiger partial charge in [-0.25, -0.2) is 0 Å². The van der Waals surface area contributed by atoms with Gasteiger partial charge < -0.3 is 14.8 Å². The lowest BCUT2D eigenvalue weighted by atomic mass is 9.68. The van der Waals surface area contributed by atoms with E-state index in [1.807, 2.05) is 54.6 Å². The standard InChI is InChI=1S/C28H24N2O6S2/c31-18(32)9-10-30-26(33)21-16-12-17(22(21)27(30)34)23-20(16)19(24-25(37-23)29-28(35)38-24)13-5-4-8-15(11-13)36-14-6-2-1-3-7-14/h1-8,11,16-17,19-23H,9-10,12H2,(H,29,35)(H,31,32)/t16-,17+,19-,20+,21+,22+,23-/m0/s1. The summed E-state index contributed by atoms with van der Waals surface area (Å²) in [5.74, 6) is -0.925. The molecule has 194 valence electrons. The largest absolute Gasteiger partial charge is 0.481 e. The summed E-state index contributed by atoms with van der Waals surface area (Å²) in [5, 5.41) is 10.1. The molecule has 0 radical (unpaired) electrons. The predicted molar refractivity (Wildman–Crippen MR) is 140 cm³/mol. The Morgan fingerprint density at radius 1 is 1.00 bits per heavy atom. The average Bonchev–Trinajstić information content (AvgIpc) is 3.62. The number of carboxylic acids is 1. The molecule has 1 aromatic heterocycles. The summed E-state index contributed by atoms with van der Waals surface area (Å²) in [5.41, 5.74) is 1.02. The summed E-state index contributed by atoms with van der Waals surface area (Å²) in [6.45, 7) is -0.0785. The molecule has 2 aromatic carbocycles. The van der Waals surface area contributed by atoms with Crippen LogP contribution in [0, 0.1) is 29.6 Å². The summed E-state index contributed by atoms with van der Waals surface area (Å²) in [6.07, 6.45) is 0.543. The molecule has 10 heteroatoms. The van der Waals surface area contributed by atoms with Crippen LogP contribution in [0.2, 0.25) is 0 Å². The van der Waals surface area contributed by atoms with Crippen molar-refractivity contribution in [3.05, 3.63) is 74.7 Å². The monoisotopic (exact) mass is 548 g/mol. The van der Waals surface area contributed by atoms with Crippen molar-refractivity contribution in [2.24, 2.45) is 29.6 Å². The van der Waals surface area contributed by atoms with E-state index >= 15 is 0 Å². The minimum Gasteiger partial charge on any atom is -0.481 e. The smallest absolute Gasteiger partial charge is 0.305 e. The van der Waals surface area contributed by atoms with Gasteiger partial charge in [0.05, 0.1) is 23.3 Å². The normalized spacial score (nSPS) is 30.7. The maximum absolute atomic E-state index is 13.5. The van der Waals surface area contributed by atoms with Crippen LogP contribution < -0.4 is 9.61 Å². The van der Waals surface area contributed by atoms with Gasteiger partial charge in [0, 0.05) is 22.6 Å². The highest BCUT2D eigenvalue weighted by Gasteiger charge is 2.69. The fraction of sp³-hybridized carbons (Fsp3) is 0.357. The lowest BCUT2D eigenvalue weighted by Gasteiger charge is -2.43. The van der Waals surface area contributed by atoms with Crippen LogP contribution in [0.15, 0.2) is 64.4 Å². The van der Waals surface area contributed by atoms with Crippen LogP contribution in [-0.4, -0.2) is 44.6 Å². The number of thiazole rings is 1. The summed E-state index contributed by atoms with van der Waals surface area (Å²) in [4.78, 5) is 55.5. The number of imide groups is 1. The van der Waals surface area contributed by atoms with Crippen LogP contribution in [0.3, 0.4) is 0 Å². The highest BCUT2D eigenvalue weighted by molar-refractivity contribution is 8.00. The van der Waals surface area contributed by atoms with Crippen LogP contribution in [0.25, 0.3) is 0 Å². The minimum absolute atomic E-state index is 0.00841. The number of carbonyl (C=O) groups excluding carboxylic acids is 2. The highest BCUT2D eigenvalue weighted by atomic mass is 32.2. The van der Waals surface area contributed by atoms with E-state index in [9.17, 15) is 19.2 Å². The van der Waals surface area contributed by atoms with Crippen molar-refractivity contribution in [1.82, 2.24) is 9.88 Å². The second-order valence-electron chi connectivity index (χ2n) is 10.4. The van der Waals surface area contributed by atoms with Gasteiger partial charge in [-0.15, -0.1) is 11.8 Å². The number of carboxylic acid groups (broad SMARTS) is 1. The topological polar surface area (TPSA) is 117 Å². The molecule has 38 heavy (non-hydrogen) atoms. The van der Waals surface area contributed by atoms with Crippen LogP contribution in [0.4, 0.5) is 0 Å². The van der Waals surface area contributed by atoms with E-state index in [4.69, 9.17) is 9.84 Å². The van der Waals surface area contributed by atoms with Crippen LogP contribution in [0.5, 0.6) is 11.5 Å². The van der Waals surface area contributed by atoms with E-state index in [0.717, 1.165) is 27.6 Å². The molecule has 3 fully saturated rings. The Labute approximate surface area is 226 Å². The van der Waals surface area contributed by atoms with Gasteiger partial charge in [-0.2, -0.15) is 0 Å². The van der Waals surface area contributed by atoms with Gasteiger partial charge in [-0.3, -0.25) is 24.1 Å². The van der Waals surface area contributed by atoms with Gasteiger partial charge in [0.15, 0.2) is 0 Å². The number of aliphatic carboxylic acids is 1. The molecule has 7 rings (SSSR count). The molecule has 2 aliphatic carbocycles. The number of H-pyrrole nitrogens is 1. The third kappa shape index (κ3) is 3.57. The third-order valence-corrected chi connectivity index (χ3v) is 11.1. The van der Waals surface area contributed by atoms with Crippen LogP contribution >= 0.6 is 23.1 Å². The number of hydrogen-bond acceptors (Lipinski definition) is 7. The van der Waals surface area contributed by atoms with Crippen molar-refractivity contribution in [2.45, 2.75) is 29.0 Å². The zero-order valence-corrected chi connectivity index (χ0v) is 21.7. The van der Waals surface area contributed by atoms with Gasteiger partial charge in [0.25, 0.3) is 0 Å². The van der Waals surface area contributed by atoms with Gasteiger partial charge >= 0.3 is 10.8 Å². The Morgan fingerprint density at radius 3 is 2.50 bits per heavy atom. The maximum Gasteiger partial charge on any atom is 0.305 e. The molecule has 4 aliphatic rings. The Morgan fingerprint density at radius 2 is 1.74 bits per heavy atom. The lowest BCUT2D eigenvalue weighted by Crippen LogP contribution is -2.42.